The van der Waals surface area contributed by atoms with Crippen molar-refractivity contribution in [3.63, 3.8) is 0 Å². The normalized spacial score (nSPS) is 19.0. The lowest BCUT2D eigenvalue weighted by molar-refractivity contribution is -0.147. The van der Waals surface area contributed by atoms with Crippen LogP contribution in [0.25, 0.3) is 11.0 Å². The molecule has 43 heavy (non-hydrogen) atoms. The second-order valence-electron chi connectivity index (χ2n) is 12.0. The van der Waals surface area contributed by atoms with E-state index in [0.29, 0.717) is 41.0 Å². The van der Waals surface area contributed by atoms with Gasteiger partial charge in [-0.2, -0.15) is 8.78 Å². The fourth-order valence-corrected chi connectivity index (χ4v) is 4.69. The van der Waals surface area contributed by atoms with Gasteiger partial charge in [0.1, 0.15) is 11.5 Å². The number of amides is 2. The van der Waals surface area contributed by atoms with Gasteiger partial charge in [-0.1, -0.05) is 36.9 Å². The van der Waals surface area contributed by atoms with Gasteiger partial charge in [0.15, 0.2) is 5.69 Å². The van der Waals surface area contributed by atoms with E-state index < -0.39 is 17.8 Å². The SMILES string of the molecule is C1CC1.FC1(F)CCCCC1.O=C(NCc1nc2ccc(CNC(=O)C(F)(F)CC3CC3)cc2[nH]1)c1nonc1C1CC1. The number of H-pyrrole nitrogens is 1. The smallest absolute Gasteiger partial charge is 0.324 e. The van der Waals surface area contributed by atoms with E-state index in [2.05, 4.69) is 30.9 Å². The Labute approximate surface area is 246 Å². The number of hydrogen-bond donors (Lipinski definition) is 3. The van der Waals surface area contributed by atoms with Gasteiger partial charge in [0.25, 0.3) is 11.8 Å². The standard InChI is InChI=1S/C21H22F2N6O3.C6H10F2.C3H6/c22-21(23,8-11-1-2-11)20(31)25-9-12-3-6-14-15(7-12)27-16(26-14)10-24-19(30)18-17(13-4-5-13)28-32-29-18;7-6(8)4-2-1-3-5-6;1-2-3-1/h3,6-7,11,13H,1-2,4-5,8-10H2,(H,24,30)(H,25,31)(H,26,27);1-5H2;1-3H2. The molecule has 0 atom stereocenters. The second kappa shape index (κ2) is 13.4. The number of nitrogens with zero attached hydrogens (tertiary/aromatic N) is 3. The third-order valence-corrected chi connectivity index (χ3v) is 7.67. The van der Waals surface area contributed by atoms with Gasteiger partial charge < -0.3 is 15.6 Å². The average molecular weight is 607 g/mol. The summed E-state index contributed by atoms with van der Waals surface area (Å²) in [6.07, 6.45) is 10.2. The minimum absolute atomic E-state index is 0.0107. The van der Waals surface area contributed by atoms with E-state index in [1.54, 1.807) is 18.2 Å². The summed E-state index contributed by atoms with van der Waals surface area (Å²) < 4.78 is 56.9. The summed E-state index contributed by atoms with van der Waals surface area (Å²) in [6, 6.07) is 5.18. The van der Waals surface area contributed by atoms with Gasteiger partial charge >= 0.3 is 5.92 Å². The summed E-state index contributed by atoms with van der Waals surface area (Å²) in [5.41, 5.74) is 2.77. The van der Waals surface area contributed by atoms with Crippen LogP contribution in [0.4, 0.5) is 17.6 Å². The van der Waals surface area contributed by atoms with Crippen molar-refractivity contribution in [3.8, 4) is 0 Å². The van der Waals surface area contributed by atoms with E-state index in [-0.39, 0.29) is 55.8 Å². The van der Waals surface area contributed by atoms with Crippen LogP contribution in [0.5, 0.6) is 0 Å². The number of imidazole rings is 1. The van der Waals surface area contributed by atoms with Gasteiger partial charge in [-0.25, -0.2) is 18.4 Å². The number of halogens is 4. The number of nitrogens with one attached hydrogen (secondary N) is 3. The fourth-order valence-electron chi connectivity index (χ4n) is 4.69. The molecule has 234 valence electrons. The summed E-state index contributed by atoms with van der Waals surface area (Å²) in [6.45, 7) is 0.132. The summed E-state index contributed by atoms with van der Waals surface area (Å²) in [7, 11) is 0. The van der Waals surface area contributed by atoms with Crippen LogP contribution in [0.3, 0.4) is 0 Å². The Bertz CT molecular complexity index is 1390. The summed E-state index contributed by atoms with van der Waals surface area (Å²) in [5, 5.41) is 12.6. The van der Waals surface area contributed by atoms with Crippen molar-refractivity contribution in [2.24, 2.45) is 5.92 Å². The van der Waals surface area contributed by atoms with Crippen LogP contribution in [-0.2, 0) is 17.9 Å². The Morgan fingerprint density at radius 1 is 0.953 bits per heavy atom. The minimum Gasteiger partial charge on any atom is -0.347 e. The van der Waals surface area contributed by atoms with Crippen LogP contribution in [0, 0.1) is 5.92 Å². The second-order valence-corrected chi connectivity index (χ2v) is 12.0. The molecular weight excluding hydrogens is 568 g/mol. The zero-order valence-corrected chi connectivity index (χ0v) is 24.1. The minimum atomic E-state index is -3.34. The largest absolute Gasteiger partial charge is 0.347 e. The molecule has 4 aliphatic rings. The van der Waals surface area contributed by atoms with Gasteiger partial charge in [0.05, 0.1) is 17.6 Å². The maximum absolute atomic E-state index is 13.9. The zero-order valence-electron chi connectivity index (χ0n) is 24.1. The first-order chi connectivity index (χ1) is 20.6. The first kappa shape index (κ1) is 30.9. The number of carbonyl (C=O) groups is 2. The monoisotopic (exact) mass is 606 g/mol. The number of aromatic nitrogens is 4. The Kier molecular flexibility index (Phi) is 9.65. The Balaban J connectivity index is 0.000000280. The molecule has 3 aromatic rings. The highest BCUT2D eigenvalue weighted by Gasteiger charge is 2.43. The third kappa shape index (κ3) is 9.49. The van der Waals surface area contributed by atoms with Crippen LogP contribution in [0.2, 0.25) is 0 Å². The maximum atomic E-state index is 13.9. The van der Waals surface area contributed by atoms with Gasteiger partial charge in [-0.05, 0) is 67.3 Å². The maximum Gasteiger partial charge on any atom is 0.324 e. The van der Waals surface area contributed by atoms with E-state index in [4.69, 9.17) is 4.63 Å². The Hall–Kier alpha value is -3.51. The highest BCUT2D eigenvalue weighted by atomic mass is 19.3. The van der Waals surface area contributed by atoms with Crippen molar-refractivity contribution in [2.45, 2.75) is 114 Å². The molecule has 1 aromatic carbocycles. The molecule has 4 saturated carbocycles. The Morgan fingerprint density at radius 3 is 2.26 bits per heavy atom. The number of rotatable bonds is 9. The average Bonchev–Trinajstić information content (AvgIpc) is 3.86. The quantitative estimate of drug-likeness (QED) is 0.237. The van der Waals surface area contributed by atoms with Crippen LogP contribution < -0.4 is 10.6 Å². The van der Waals surface area contributed by atoms with E-state index in [1.807, 2.05) is 0 Å². The molecule has 2 amide bonds. The van der Waals surface area contributed by atoms with Crippen molar-refractivity contribution in [2.75, 3.05) is 0 Å². The van der Waals surface area contributed by atoms with Crippen LogP contribution >= 0.6 is 0 Å². The molecule has 0 saturated heterocycles. The molecule has 3 N–H and O–H groups in total. The van der Waals surface area contributed by atoms with Crippen molar-refractivity contribution < 1.29 is 31.8 Å². The van der Waals surface area contributed by atoms with Crippen LogP contribution in [0.15, 0.2) is 22.8 Å². The number of aromatic amines is 1. The molecular formula is C30H38F4N6O3. The molecule has 0 aliphatic heterocycles. The number of hydrogen-bond acceptors (Lipinski definition) is 6. The predicted octanol–water partition coefficient (Wildman–Crippen LogP) is 6.56. The number of alkyl halides is 4. The lowest BCUT2D eigenvalue weighted by atomic mass is 9.97. The molecule has 2 heterocycles. The first-order valence-corrected chi connectivity index (χ1v) is 15.2. The Morgan fingerprint density at radius 2 is 1.65 bits per heavy atom. The van der Waals surface area contributed by atoms with E-state index in [1.165, 1.54) is 19.3 Å². The van der Waals surface area contributed by atoms with Gasteiger partial charge in [0, 0.05) is 31.7 Å². The molecule has 0 unspecified atom stereocenters. The summed E-state index contributed by atoms with van der Waals surface area (Å²) in [5.74, 6) is -6.58. The van der Waals surface area contributed by atoms with Gasteiger partial charge in [-0.15, -0.1) is 0 Å². The van der Waals surface area contributed by atoms with Gasteiger partial charge in [0.2, 0.25) is 5.92 Å². The van der Waals surface area contributed by atoms with E-state index in [9.17, 15) is 27.2 Å². The highest BCUT2D eigenvalue weighted by molar-refractivity contribution is 5.93. The molecule has 13 heteroatoms. The lowest BCUT2D eigenvalue weighted by Gasteiger charge is -2.20. The molecule has 9 nitrogen and oxygen atoms in total. The van der Waals surface area contributed by atoms with Crippen molar-refractivity contribution >= 4 is 22.8 Å². The van der Waals surface area contributed by atoms with Crippen molar-refractivity contribution in [1.82, 2.24) is 30.9 Å². The molecule has 0 radical (unpaired) electrons. The number of carbonyl (C=O) groups excluding carboxylic acids is 2. The van der Waals surface area contributed by atoms with Crippen molar-refractivity contribution in [3.05, 3.63) is 41.0 Å². The van der Waals surface area contributed by atoms with E-state index >= 15 is 0 Å². The molecule has 4 fully saturated rings. The highest BCUT2D eigenvalue weighted by Crippen LogP contribution is 2.40. The first-order valence-electron chi connectivity index (χ1n) is 15.2. The molecule has 0 spiro atoms. The predicted molar refractivity (Wildman–Crippen MR) is 150 cm³/mol. The molecule has 4 aliphatic carbocycles. The fraction of sp³-hybridized carbons (Fsp3) is 0.633. The zero-order chi connectivity index (χ0) is 30.5. The van der Waals surface area contributed by atoms with Crippen LogP contribution in [-0.4, -0.2) is 43.9 Å². The van der Waals surface area contributed by atoms with Crippen molar-refractivity contribution in [1.29, 1.82) is 0 Å². The van der Waals surface area contributed by atoms with E-state index in [0.717, 1.165) is 32.1 Å². The third-order valence-electron chi connectivity index (χ3n) is 7.67. The number of benzene rings is 1. The van der Waals surface area contributed by atoms with Crippen LogP contribution in [0.1, 0.15) is 117 Å². The molecule has 0 bridgehead atoms. The summed E-state index contributed by atoms with van der Waals surface area (Å²) in [4.78, 5) is 31.7. The molecule has 2 aromatic heterocycles. The number of fused-ring (bicyclic) bond motifs is 1. The lowest BCUT2D eigenvalue weighted by Crippen LogP contribution is -2.40. The summed E-state index contributed by atoms with van der Waals surface area (Å²) >= 11 is 0. The van der Waals surface area contributed by atoms with Gasteiger partial charge in [-0.3, -0.25) is 9.59 Å². The topological polar surface area (TPSA) is 126 Å². The molecule has 7 rings (SSSR count).